The van der Waals surface area contributed by atoms with Crippen LogP contribution in [0.15, 0.2) is 30.5 Å². The first-order valence-electron chi connectivity index (χ1n) is 11.5. The van der Waals surface area contributed by atoms with Crippen LogP contribution in [-0.2, 0) is 27.3 Å². The highest BCUT2D eigenvalue weighted by Crippen LogP contribution is 2.42. The van der Waals surface area contributed by atoms with E-state index in [2.05, 4.69) is 17.7 Å². The molecule has 1 aliphatic rings. The highest BCUT2D eigenvalue weighted by Gasteiger charge is 2.31. The van der Waals surface area contributed by atoms with Crippen molar-refractivity contribution in [3.8, 4) is 28.5 Å². The van der Waals surface area contributed by atoms with Crippen LogP contribution >= 0.6 is 0 Å². The molecule has 0 fully saturated rings. The fourth-order valence-electron chi connectivity index (χ4n) is 4.88. The number of nitrogens with zero attached hydrogens (tertiary/aromatic N) is 2. The third-order valence-electron chi connectivity index (χ3n) is 6.49. The van der Waals surface area contributed by atoms with Gasteiger partial charge in [-0.15, -0.1) is 0 Å². The van der Waals surface area contributed by atoms with Crippen LogP contribution in [0.4, 0.5) is 5.69 Å². The summed E-state index contributed by atoms with van der Waals surface area (Å²) in [5, 5.41) is 1.90. The van der Waals surface area contributed by atoms with Gasteiger partial charge in [0, 0.05) is 25.8 Å². The Balaban J connectivity index is 1.93. The molecule has 1 aliphatic heterocycles. The molecule has 4 rings (SSSR count). The summed E-state index contributed by atoms with van der Waals surface area (Å²) >= 11 is 0. The number of aryl methyl sites for hydroxylation is 3. The summed E-state index contributed by atoms with van der Waals surface area (Å²) in [6, 6.07) is 7.98. The molecule has 1 aromatic heterocycles. The Bertz CT molecular complexity index is 1320. The lowest BCUT2D eigenvalue weighted by Gasteiger charge is -2.26. The lowest BCUT2D eigenvalue weighted by molar-refractivity contribution is -0.686. The molecule has 8 heteroatoms. The molecule has 0 unspecified atom stereocenters. The van der Waals surface area contributed by atoms with Crippen LogP contribution in [0, 0.1) is 6.92 Å². The number of hydrogen-bond donors (Lipinski definition) is 0. The zero-order chi connectivity index (χ0) is 25.3. The minimum Gasteiger partial charge on any atom is -0.495 e. The van der Waals surface area contributed by atoms with E-state index in [1.807, 2.05) is 24.3 Å². The quantitative estimate of drug-likeness (QED) is 0.381. The predicted octanol–water partition coefficient (Wildman–Crippen LogP) is 3.60. The number of rotatable bonds is 7. The van der Waals surface area contributed by atoms with Crippen LogP contribution < -0.4 is 23.7 Å². The van der Waals surface area contributed by atoms with Gasteiger partial charge in [0.25, 0.3) is 0 Å². The fourth-order valence-corrected chi connectivity index (χ4v) is 4.88. The molecule has 1 amide bonds. The molecule has 0 saturated heterocycles. The first-order valence-corrected chi connectivity index (χ1v) is 11.5. The number of esters is 1. The largest absolute Gasteiger partial charge is 0.495 e. The summed E-state index contributed by atoms with van der Waals surface area (Å²) in [4.78, 5) is 25.6. The van der Waals surface area contributed by atoms with E-state index < -0.39 is 0 Å². The number of fused-ring (bicyclic) bond motifs is 4. The van der Waals surface area contributed by atoms with Crippen molar-refractivity contribution in [3.63, 3.8) is 0 Å². The maximum Gasteiger partial charge on any atom is 0.302 e. The van der Waals surface area contributed by atoms with Gasteiger partial charge in [-0.1, -0.05) is 0 Å². The Morgan fingerprint density at radius 2 is 1.66 bits per heavy atom. The normalized spacial score (nSPS) is 11.9. The van der Waals surface area contributed by atoms with Crippen LogP contribution in [0.3, 0.4) is 0 Å². The summed E-state index contributed by atoms with van der Waals surface area (Å²) in [5.41, 5.74) is 5.16. The van der Waals surface area contributed by atoms with Crippen molar-refractivity contribution >= 4 is 28.3 Å². The van der Waals surface area contributed by atoms with Crippen LogP contribution in [0.2, 0.25) is 0 Å². The summed E-state index contributed by atoms with van der Waals surface area (Å²) < 4.78 is 24.1. The number of benzene rings is 2. The number of pyridine rings is 1. The highest BCUT2D eigenvalue weighted by molar-refractivity contribution is 6.06. The number of aromatic nitrogens is 1. The first kappa shape index (κ1) is 24.3. The maximum absolute atomic E-state index is 12.7. The zero-order valence-corrected chi connectivity index (χ0v) is 21.1. The lowest BCUT2D eigenvalue weighted by Crippen LogP contribution is -2.41. The SMILES string of the molecule is COc1cc2c(cc1OC)-c1c(C)c3ccc(OC)c(N(CCOC(C)=O)C(C)=O)c3c[n+]1CC2. The molecule has 0 bridgehead atoms. The average Bonchev–Trinajstić information content (AvgIpc) is 2.84. The molecule has 3 aromatic rings. The molecule has 0 radical (unpaired) electrons. The van der Waals surface area contributed by atoms with Crippen molar-refractivity contribution < 1.29 is 33.1 Å². The second-order valence-electron chi connectivity index (χ2n) is 8.50. The molecule has 0 spiro atoms. The molecule has 35 heavy (non-hydrogen) atoms. The Morgan fingerprint density at radius 1 is 0.971 bits per heavy atom. The molecule has 2 aromatic carbocycles. The fraction of sp³-hybridized carbons (Fsp3) is 0.370. The first-order chi connectivity index (χ1) is 16.8. The van der Waals surface area contributed by atoms with Crippen LogP contribution in [-0.4, -0.2) is 46.4 Å². The second kappa shape index (κ2) is 9.82. The summed E-state index contributed by atoms with van der Waals surface area (Å²) in [6.07, 6.45) is 2.91. The lowest BCUT2D eigenvalue weighted by atomic mass is 9.91. The van der Waals surface area contributed by atoms with Crippen molar-refractivity contribution in [2.75, 3.05) is 39.4 Å². The number of carbonyl (C=O) groups excluding carboxylic acids is 2. The van der Waals surface area contributed by atoms with Gasteiger partial charge in [-0.25, -0.2) is 0 Å². The number of anilines is 1. The van der Waals surface area contributed by atoms with Gasteiger partial charge in [0.2, 0.25) is 11.6 Å². The number of ether oxygens (including phenoxy) is 4. The predicted molar refractivity (Wildman–Crippen MR) is 132 cm³/mol. The zero-order valence-electron chi connectivity index (χ0n) is 21.1. The van der Waals surface area contributed by atoms with Crippen molar-refractivity contribution in [3.05, 3.63) is 41.6 Å². The minimum absolute atomic E-state index is 0.0977. The molecule has 184 valence electrons. The third kappa shape index (κ3) is 4.36. The number of hydrogen-bond acceptors (Lipinski definition) is 6. The van der Waals surface area contributed by atoms with E-state index in [1.165, 1.54) is 19.4 Å². The second-order valence-corrected chi connectivity index (χ2v) is 8.50. The van der Waals surface area contributed by atoms with Gasteiger partial charge in [-0.3, -0.25) is 9.59 Å². The number of carbonyl (C=O) groups is 2. The number of amides is 1. The Hall–Kier alpha value is -3.81. The third-order valence-corrected chi connectivity index (χ3v) is 6.49. The molecule has 0 atom stereocenters. The van der Waals surface area contributed by atoms with Gasteiger partial charge >= 0.3 is 5.97 Å². The summed E-state index contributed by atoms with van der Waals surface area (Å²) in [6.45, 7) is 6.04. The van der Waals surface area contributed by atoms with Crippen molar-refractivity contribution in [1.29, 1.82) is 0 Å². The van der Waals surface area contributed by atoms with Gasteiger partial charge in [0.05, 0.1) is 38.8 Å². The van der Waals surface area contributed by atoms with Gasteiger partial charge < -0.3 is 23.8 Å². The van der Waals surface area contributed by atoms with Crippen molar-refractivity contribution in [1.82, 2.24) is 0 Å². The van der Waals surface area contributed by atoms with E-state index in [0.29, 0.717) is 17.2 Å². The molecular formula is C27H31N2O6+. The van der Waals surface area contributed by atoms with E-state index in [9.17, 15) is 9.59 Å². The van der Waals surface area contributed by atoms with Gasteiger partial charge in [0.15, 0.2) is 24.2 Å². The van der Waals surface area contributed by atoms with E-state index in [-0.39, 0.29) is 25.0 Å². The Labute approximate surface area is 205 Å². The smallest absolute Gasteiger partial charge is 0.302 e. The highest BCUT2D eigenvalue weighted by atomic mass is 16.5. The molecule has 2 heterocycles. The van der Waals surface area contributed by atoms with Crippen LogP contribution in [0.1, 0.15) is 25.0 Å². The van der Waals surface area contributed by atoms with E-state index in [4.69, 9.17) is 18.9 Å². The van der Waals surface area contributed by atoms with Gasteiger partial charge in [-0.2, -0.15) is 4.57 Å². The standard InChI is InChI=1S/C27H31N2O6/c1-16-20-7-8-23(32-4)27(29(17(2)30)11-12-35-18(3)31)22(20)15-28-10-9-19-13-24(33-5)25(34-6)14-21(19)26(16)28/h7-8,13-15H,9-12H2,1-6H3/q+1. The topological polar surface area (TPSA) is 78.2 Å². The minimum atomic E-state index is -0.385. The maximum atomic E-state index is 12.7. The van der Waals surface area contributed by atoms with E-state index in [0.717, 1.165) is 46.3 Å². The van der Waals surface area contributed by atoms with Crippen LogP contribution in [0.25, 0.3) is 22.0 Å². The van der Waals surface area contributed by atoms with Gasteiger partial charge in [-0.05, 0) is 42.1 Å². The molecule has 0 aliphatic carbocycles. The van der Waals surface area contributed by atoms with Crippen LogP contribution in [0.5, 0.6) is 17.2 Å². The average molecular weight is 480 g/mol. The molecular weight excluding hydrogens is 448 g/mol. The van der Waals surface area contributed by atoms with Crippen molar-refractivity contribution in [2.45, 2.75) is 33.7 Å². The van der Waals surface area contributed by atoms with E-state index in [1.54, 1.807) is 26.2 Å². The summed E-state index contributed by atoms with van der Waals surface area (Å²) in [5.74, 6) is 1.44. The Kier molecular flexibility index (Phi) is 6.82. The monoisotopic (exact) mass is 479 g/mol. The van der Waals surface area contributed by atoms with Crippen molar-refractivity contribution in [2.24, 2.45) is 0 Å². The Morgan fingerprint density at radius 3 is 2.29 bits per heavy atom. The van der Waals surface area contributed by atoms with E-state index >= 15 is 0 Å². The molecule has 0 N–H and O–H groups in total. The molecule has 8 nitrogen and oxygen atoms in total. The number of methoxy groups -OCH3 is 3. The summed E-state index contributed by atoms with van der Waals surface area (Å²) in [7, 11) is 4.87. The van der Waals surface area contributed by atoms with Gasteiger partial charge in [0.1, 0.15) is 18.0 Å². The molecule has 0 saturated carbocycles.